The number of thioether (sulfide) groups is 1. The van der Waals surface area contributed by atoms with E-state index in [0.717, 1.165) is 24.3 Å². The lowest BCUT2D eigenvalue weighted by atomic mass is 10.2. The Labute approximate surface area is 125 Å². The highest BCUT2D eigenvalue weighted by Gasteiger charge is 2.34. The molecule has 0 unspecified atom stereocenters. The summed E-state index contributed by atoms with van der Waals surface area (Å²) in [5, 5.41) is 2.00. The molecule has 0 N–H and O–H groups in total. The van der Waals surface area contributed by atoms with Gasteiger partial charge >= 0.3 is 0 Å². The van der Waals surface area contributed by atoms with Gasteiger partial charge in [0.25, 0.3) is 5.91 Å². The number of ether oxygens (including phenoxy) is 1. The van der Waals surface area contributed by atoms with Crippen molar-refractivity contribution in [3.63, 3.8) is 0 Å². The van der Waals surface area contributed by atoms with Gasteiger partial charge in [-0.1, -0.05) is 30.0 Å². The van der Waals surface area contributed by atoms with Crippen molar-refractivity contribution in [2.45, 2.75) is 18.9 Å². The van der Waals surface area contributed by atoms with Crippen molar-refractivity contribution < 1.29 is 9.53 Å². The number of hydrogen-bond acceptors (Lipinski definition) is 5. The minimum Gasteiger partial charge on any atom is -0.376 e. The zero-order valence-corrected chi connectivity index (χ0v) is 12.7. The molecule has 3 heterocycles. The van der Waals surface area contributed by atoms with Crippen molar-refractivity contribution in [2.24, 2.45) is 0 Å². The molecule has 6 heteroatoms. The third kappa shape index (κ3) is 2.91. The number of amides is 1. The monoisotopic (exact) mass is 311 g/mol. The Morgan fingerprint density at radius 1 is 1.58 bits per heavy atom. The van der Waals surface area contributed by atoms with Crippen molar-refractivity contribution in [3.8, 4) is 0 Å². The fraction of sp³-hybridized carbons (Fsp3) is 0.385. The molecule has 2 aliphatic heterocycles. The summed E-state index contributed by atoms with van der Waals surface area (Å²) in [5.74, 6) is 0.0129. The number of thiocarbonyl (C=S) groups is 1. The molecule has 0 bridgehead atoms. The van der Waals surface area contributed by atoms with Crippen LogP contribution >= 0.6 is 35.3 Å². The first kappa shape index (κ1) is 13.3. The summed E-state index contributed by atoms with van der Waals surface area (Å²) in [6.45, 7) is 1.39. The van der Waals surface area contributed by atoms with E-state index in [9.17, 15) is 4.79 Å². The summed E-state index contributed by atoms with van der Waals surface area (Å²) < 4.78 is 6.21. The smallest absolute Gasteiger partial charge is 0.266 e. The first-order chi connectivity index (χ1) is 9.24. The van der Waals surface area contributed by atoms with Gasteiger partial charge in [-0.2, -0.15) is 0 Å². The Bertz CT molecular complexity index is 518. The number of nitrogens with zero attached hydrogens (tertiary/aromatic N) is 1. The summed E-state index contributed by atoms with van der Waals surface area (Å²) in [5.41, 5.74) is 0. The van der Waals surface area contributed by atoms with Gasteiger partial charge in [-0.05, 0) is 30.4 Å². The lowest BCUT2D eigenvalue weighted by Crippen LogP contribution is -2.35. The van der Waals surface area contributed by atoms with Crippen molar-refractivity contribution in [3.05, 3.63) is 27.3 Å². The fourth-order valence-corrected chi connectivity index (χ4v) is 4.15. The minimum atomic E-state index is 0.0129. The van der Waals surface area contributed by atoms with Crippen LogP contribution in [-0.2, 0) is 9.53 Å². The Hall–Kier alpha value is -0.690. The molecular weight excluding hydrogens is 298 g/mol. The second-order valence-corrected chi connectivity index (χ2v) is 7.10. The summed E-state index contributed by atoms with van der Waals surface area (Å²) in [7, 11) is 0. The molecule has 1 atom stereocenters. The highest BCUT2D eigenvalue weighted by atomic mass is 32.2. The highest BCUT2D eigenvalue weighted by Crippen LogP contribution is 2.34. The van der Waals surface area contributed by atoms with E-state index in [2.05, 4.69) is 0 Å². The average molecular weight is 311 g/mol. The van der Waals surface area contributed by atoms with E-state index in [1.54, 1.807) is 16.2 Å². The Balaban J connectivity index is 1.73. The third-order valence-corrected chi connectivity index (χ3v) is 5.30. The van der Waals surface area contributed by atoms with E-state index in [4.69, 9.17) is 17.0 Å². The number of hydrogen-bond donors (Lipinski definition) is 0. The molecule has 2 saturated heterocycles. The van der Waals surface area contributed by atoms with Gasteiger partial charge in [-0.15, -0.1) is 11.3 Å². The first-order valence-electron chi connectivity index (χ1n) is 6.14. The Morgan fingerprint density at radius 3 is 3.16 bits per heavy atom. The van der Waals surface area contributed by atoms with Gasteiger partial charge < -0.3 is 4.74 Å². The highest BCUT2D eigenvalue weighted by molar-refractivity contribution is 8.26. The second kappa shape index (κ2) is 5.75. The zero-order chi connectivity index (χ0) is 13.2. The van der Waals surface area contributed by atoms with E-state index in [1.165, 1.54) is 11.8 Å². The molecule has 0 saturated carbocycles. The van der Waals surface area contributed by atoms with Crippen LogP contribution in [0.2, 0.25) is 0 Å². The molecule has 3 nitrogen and oxygen atoms in total. The second-order valence-electron chi connectivity index (χ2n) is 4.44. The van der Waals surface area contributed by atoms with Gasteiger partial charge in [0.2, 0.25) is 0 Å². The van der Waals surface area contributed by atoms with Crippen molar-refractivity contribution in [1.29, 1.82) is 0 Å². The predicted octanol–water partition coefficient (Wildman–Crippen LogP) is 3.13. The van der Waals surface area contributed by atoms with Crippen molar-refractivity contribution in [2.75, 3.05) is 13.2 Å². The van der Waals surface area contributed by atoms with Crippen molar-refractivity contribution in [1.82, 2.24) is 4.90 Å². The van der Waals surface area contributed by atoms with E-state index in [-0.39, 0.29) is 12.0 Å². The molecule has 100 valence electrons. The van der Waals surface area contributed by atoms with Gasteiger partial charge in [0.05, 0.1) is 17.6 Å². The van der Waals surface area contributed by atoms with Crippen LogP contribution in [0.1, 0.15) is 17.7 Å². The van der Waals surface area contributed by atoms with Crippen LogP contribution in [0.3, 0.4) is 0 Å². The summed E-state index contributed by atoms with van der Waals surface area (Å²) >= 11 is 8.30. The standard InChI is InChI=1S/C13H13NO2S3/c15-12-11(7-10-4-2-6-18-10)19-13(17)14(12)8-9-3-1-5-16-9/h2,4,6-7,9H,1,3,5,8H2/b11-7-/t9-/m0/s1. The molecule has 2 aliphatic rings. The van der Waals surface area contributed by atoms with Gasteiger partial charge in [-0.3, -0.25) is 9.69 Å². The molecule has 19 heavy (non-hydrogen) atoms. The molecule has 1 aromatic heterocycles. The topological polar surface area (TPSA) is 29.5 Å². The SMILES string of the molecule is O=C1/C(=C/c2cccs2)SC(=S)N1C[C@@H]1CCCO1. The number of carbonyl (C=O) groups excluding carboxylic acids is 1. The van der Waals surface area contributed by atoms with Crippen LogP contribution < -0.4 is 0 Å². The maximum absolute atomic E-state index is 12.3. The molecule has 1 aromatic rings. The van der Waals surface area contributed by atoms with Crippen LogP contribution in [0.15, 0.2) is 22.4 Å². The van der Waals surface area contributed by atoms with Gasteiger partial charge in [0.1, 0.15) is 4.32 Å². The molecule has 0 radical (unpaired) electrons. The zero-order valence-electron chi connectivity index (χ0n) is 10.2. The van der Waals surface area contributed by atoms with Crippen LogP contribution in [0.25, 0.3) is 6.08 Å². The summed E-state index contributed by atoms with van der Waals surface area (Å²) in [6.07, 6.45) is 4.15. The summed E-state index contributed by atoms with van der Waals surface area (Å²) in [6, 6.07) is 3.97. The molecule has 3 rings (SSSR count). The number of rotatable bonds is 3. The molecular formula is C13H13NO2S3. The van der Waals surface area contributed by atoms with Crippen LogP contribution in [0.4, 0.5) is 0 Å². The number of carbonyl (C=O) groups is 1. The van der Waals surface area contributed by atoms with E-state index in [1.807, 2.05) is 23.6 Å². The van der Waals surface area contributed by atoms with Crippen molar-refractivity contribution >= 4 is 51.6 Å². The maximum atomic E-state index is 12.3. The quantitative estimate of drug-likeness (QED) is 0.633. The van der Waals surface area contributed by atoms with Gasteiger partial charge in [0, 0.05) is 11.5 Å². The predicted molar refractivity (Wildman–Crippen MR) is 83.2 cm³/mol. The van der Waals surface area contributed by atoms with E-state index >= 15 is 0 Å². The Kier molecular flexibility index (Phi) is 4.02. The van der Waals surface area contributed by atoms with Crippen LogP contribution in [0, 0.1) is 0 Å². The van der Waals surface area contributed by atoms with E-state index < -0.39 is 0 Å². The normalized spacial score (nSPS) is 25.8. The number of thiophene rings is 1. The maximum Gasteiger partial charge on any atom is 0.266 e. The Morgan fingerprint density at radius 2 is 2.47 bits per heavy atom. The van der Waals surface area contributed by atoms with E-state index in [0.29, 0.717) is 15.8 Å². The van der Waals surface area contributed by atoms with Crippen LogP contribution in [-0.4, -0.2) is 34.4 Å². The molecule has 2 fully saturated rings. The largest absolute Gasteiger partial charge is 0.376 e. The lowest BCUT2D eigenvalue weighted by Gasteiger charge is -2.18. The lowest BCUT2D eigenvalue weighted by molar-refractivity contribution is -0.123. The fourth-order valence-electron chi connectivity index (χ4n) is 2.15. The molecule has 0 aromatic carbocycles. The molecule has 0 spiro atoms. The van der Waals surface area contributed by atoms with Gasteiger partial charge in [-0.25, -0.2) is 0 Å². The molecule has 0 aliphatic carbocycles. The summed E-state index contributed by atoms with van der Waals surface area (Å²) in [4.78, 5) is 15.8. The third-order valence-electron chi connectivity index (χ3n) is 3.10. The van der Waals surface area contributed by atoms with Crippen LogP contribution in [0.5, 0.6) is 0 Å². The van der Waals surface area contributed by atoms with Gasteiger partial charge in [0.15, 0.2) is 0 Å². The molecule has 1 amide bonds. The average Bonchev–Trinajstić information content (AvgIpc) is 3.10. The first-order valence-corrected chi connectivity index (χ1v) is 8.25. The minimum absolute atomic E-state index is 0.0129.